The van der Waals surface area contributed by atoms with Gasteiger partial charge in [-0.1, -0.05) is 48.5 Å². The van der Waals surface area contributed by atoms with E-state index in [1.807, 2.05) is 36.4 Å². The van der Waals surface area contributed by atoms with Gasteiger partial charge in [-0.25, -0.2) is 9.59 Å². The Labute approximate surface area is 152 Å². The van der Waals surface area contributed by atoms with Crippen molar-refractivity contribution < 1.29 is 24.2 Å². The molecule has 0 radical (unpaired) electrons. The van der Waals surface area contributed by atoms with Crippen LogP contribution in [0.25, 0.3) is 0 Å². The van der Waals surface area contributed by atoms with Crippen LogP contribution in [-0.4, -0.2) is 40.8 Å². The van der Waals surface area contributed by atoms with E-state index in [2.05, 4.69) is 0 Å². The number of benzene rings is 2. The standard InChI is InChI=1S/C20H21NO5/c22-16-11-12-18(19(23)25-14-15-7-3-1-4-8-15)21(13-16)20(24)26-17-9-5-2-6-10-17/h1-10,16,18,22H,11-14H2/t16-,18+/m1/s1. The first-order chi connectivity index (χ1) is 12.6. The Balaban J connectivity index is 1.65. The van der Waals surface area contributed by atoms with Crippen LogP contribution in [0.3, 0.4) is 0 Å². The van der Waals surface area contributed by atoms with Gasteiger partial charge >= 0.3 is 12.1 Å². The second-order valence-corrected chi connectivity index (χ2v) is 6.17. The molecule has 0 aliphatic carbocycles. The van der Waals surface area contributed by atoms with Crippen molar-refractivity contribution in [2.75, 3.05) is 6.54 Å². The molecule has 1 saturated heterocycles. The van der Waals surface area contributed by atoms with Gasteiger partial charge in [0.1, 0.15) is 18.4 Å². The van der Waals surface area contributed by atoms with E-state index < -0.39 is 24.2 Å². The predicted octanol–water partition coefficient (Wildman–Crippen LogP) is 2.75. The SMILES string of the molecule is O=C(OCc1ccccc1)[C@@H]1CC[C@@H](O)CN1C(=O)Oc1ccccc1. The summed E-state index contributed by atoms with van der Waals surface area (Å²) in [5, 5.41) is 9.90. The molecule has 1 heterocycles. The number of carbonyl (C=O) groups is 2. The second-order valence-electron chi connectivity index (χ2n) is 6.17. The largest absolute Gasteiger partial charge is 0.459 e. The predicted molar refractivity (Wildman–Crippen MR) is 94.4 cm³/mol. The molecule has 26 heavy (non-hydrogen) atoms. The van der Waals surface area contributed by atoms with Crippen molar-refractivity contribution in [3.05, 3.63) is 66.2 Å². The van der Waals surface area contributed by atoms with Gasteiger partial charge in [0.25, 0.3) is 0 Å². The molecule has 1 amide bonds. The van der Waals surface area contributed by atoms with Crippen LogP contribution in [0.1, 0.15) is 18.4 Å². The van der Waals surface area contributed by atoms with Gasteiger partial charge < -0.3 is 14.6 Å². The molecule has 136 valence electrons. The molecule has 1 aliphatic heterocycles. The Morgan fingerprint density at radius 3 is 2.35 bits per heavy atom. The molecule has 1 aliphatic rings. The number of β-amino-alcohol motifs (C(OH)–C–C–N with tert-alkyl or cyclic N) is 1. The third kappa shape index (κ3) is 4.61. The maximum atomic E-state index is 12.5. The average Bonchev–Trinajstić information content (AvgIpc) is 2.67. The molecular formula is C20H21NO5. The number of ether oxygens (including phenoxy) is 2. The van der Waals surface area contributed by atoms with E-state index in [0.717, 1.165) is 5.56 Å². The lowest BCUT2D eigenvalue weighted by Crippen LogP contribution is -2.53. The summed E-state index contributed by atoms with van der Waals surface area (Å²) in [6.07, 6.45) is -0.591. The fourth-order valence-corrected chi connectivity index (χ4v) is 2.87. The zero-order chi connectivity index (χ0) is 18.4. The molecule has 0 spiro atoms. The molecule has 0 saturated carbocycles. The van der Waals surface area contributed by atoms with Gasteiger partial charge in [0.05, 0.1) is 12.6 Å². The average molecular weight is 355 g/mol. The number of rotatable bonds is 4. The minimum absolute atomic E-state index is 0.0385. The van der Waals surface area contributed by atoms with Gasteiger partial charge in [-0.3, -0.25) is 4.90 Å². The lowest BCUT2D eigenvalue weighted by atomic mass is 10.0. The Bertz CT molecular complexity index is 734. The number of piperidine rings is 1. The highest BCUT2D eigenvalue weighted by Gasteiger charge is 2.37. The number of hydrogen-bond acceptors (Lipinski definition) is 5. The molecule has 2 atom stereocenters. The van der Waals surface area contributed by atoms with Crippen molar-refractivity contribution in [2.45, 2.75) is 31.6 Å². The first-order valence-corrected chi connectivity index (χ1v) is 8.55. The van der Waals surface area contributed by atoms with Crippen molar-refractivity contribution in [3.63, 3.8) is 0 Å². The van der Waals surface area contributed by atoms with E-state index >= 15 is 0 Å². The minimum atomic E-state index is -0.765. The van der Waals surface area contributed by atoms with Crippen LogP contribution in [-0.2, 0) is 16.1 Å². The third-order valence-electron chi connectivity index (χ3n) is 4.24. The number of para-hydroxylation sites is 1. The van der Waals surface area contributed by atoms with Crippen molar-refractivity contribution >= 4 is 12.1 Å². The first-order valence-electron chi connectivity index (χ1n) is 8.55. The van der Waals surface area contributed by atoms with Gasteiger partial charge in [0.15, 0.2) is 0 Å². The second kappa shape index (κ2) is 8.49. The van der Waals surface area contributed by atoms with Crippen molar-refractivity contribution in [3.8, 4) is 5.75 Å². The summed E-state index contributed by atoms with van der Waals surface area (Å²) in [6, 6.07) is 17.2. The summed E-state index contributed by atoms with van der Waals surface area (Å²) in [6.45, 7) is 0.178. The van der Waals surface area contributed by atoms with E-state index in [1.165, 1.54) is 4.90 Å². The smallest absolute Gasteiger partial charge is 0.416 e. The van der Waals surface area contributed by atoms with Gasteiger partial charge in [0.2, 0.25) is 0 Å². The topological polar surface area (TPSA) is 76.1 Å². The highest BCUT2D eigenvalue weighted by Crippen LogP contribution is 2.21. The van der Waals surface area contributed by atoms with E-state index in [4.69, 9.17) is 9.47 Å². The number of esters is 1. The zero-order valence-electron chi connectivity index (χ0n) is 14.3. The lowest BCUT2D eigenvalue weighted by Gasteiger charge is -2.35. The maximum absolute atomic E-state index is 12.5. The van der Waals surface area contributed by atoms with Crippen molar-refractivity contribution in [1.82, 2.24) is 4.90 Å². The number of carbonyl (C=O) groups excluding carboxylic acids is 2. The van der Waals surface area contributed by atoms with Gasteiger partial charge in [-0.2, -0.15) is 0 Å². The molecule has 2 aromatic carbocycles. The quantitative estimate of drug-likeness (QED) is 0.854. The molecule has 0 unspecified atom stereocenters. The van der Waals surface area contributed by atoms with Crippen LogP contribution in [0.15, 0.2) is 60.7 Å². The van der Waals surface area contributed by atoms with Crippen LogP contribution in [0.5, 0.6) is 5.75 Å². The molecular weight excluding hydrogens is 334 g/mol. The minimum Gasteiger partial charge on any atom is -0.459 e. The number of aliphatic hydroxyl groups is 1. The number of aliphatic hydroxyl groups excluding tert-OH is 1. The fourth-order valence-electron chi connectivity index (χ4n) is 2.87. The Morgan fingerprint density at radius 2 is 1.65 bits per heavy atom. The van der Waals surface area contributed by atoms with Gasteiger partial charge in [0, 0.05) is 0 Å². The molecule has 1 N–H and O–H groups in total. The summed E-state index contributed by atoms with van der Waals surface area (Å²) < 4.78 is 10.7. The summed E-state index contributed by atoms with van der Waals surface area (Å²) in [4.78, 5) is 26.2. The highest BCUT2D eigenvalue weighted by molar-refractivity contribution is 5.82. The van der Waals surface area contributed by atoms with E-state index in [9.17, 15) is 14.7 Å². The van der Waals surface area contributed by atoms with Crippen LogP contribution in [0.4, 0.5) is 4.79 Å². The number of nitrogens with zero attached hydrogens (tertiary/aromatic N) is 1. The van der Waals surface area contributed by atoms with Crippen LogP contribution >= 0.6 is 0 Å². The van der Waals surface area contributed by atoms with Crippen LogP contribution < -0.4 is 4.74 Å². The van der Waals surface area contributed by atoms with Crippen molar-refractivity contribution in [2.24, 2.45) is 0 Å². The molecule has 6 nitrogen and oxygen atoms in total. The lowest BCUT2D eigenvalue weighted by molar-refractivity contribution is -0.153. The summed E-state index contributed by atoms with van der Waals surface area (Å²) in [5.41, 5.74) is 0.870. The summed E-state index contributed by atoms with van der Waals surface area (Å²) >= 11 is 0. The van der Waals surface area contributed by atoms with Crippen LogP contribution in [0.2, 0.25) is 0 Å². The third-order valence-corrected chi connectivity index (χ3v) is 4.24. The van der Waals surface area contributed by atoms with E-state index in [-0.39, 0.29) is 13.2 Å². The normalized spacial score (nSPS) is 19.7. The monoisotopic (exact) mass is 355 g/mol. The Morgan fingerprint density at radius 1 is 1.00 bits per heavy atom. The van der Waals surface area contributed by atoms with E-state index in [1.54, 1.807) is 24.3 Å². The molecule has 1 fully saturated rings. The first kappa shape index (κ1) is 17.9. The van der Waals surface area contributed by atoms with Gasteiger partial charge in [-0.15, -0.1) is 0 Å². The molecule has 0 aromatic heterocycles. The Hall–Kier alpha value is -2.86. The van der Waals surface area contributed by atoms with Crippen molar-refractivity contribution in [1.29, 1.82) is 0 Å². The Kier molecular flexibility index (Phi) is 5.86. The van der Waals surface area contributed by atoms with Gasteiger partial charge in [-0.05, 0) is 30.5 Å². The molecule has 0 bridgehead atoms. The zero-order valence-corrected chi connectivity index (χ0v) is 14.3. The number of hydrogen-bond donors (Lipinski definition) is 1. The number of amides is 1. The summed E-state index contributed by atoms with van der Waals surface area (Å²) in [5.74, 6) is -0.111. The summed E-state index contributed by atoms with van der Waals surface area (Å²) in [7, 11) is 0. The fraction of sp³-hybridized carbons (Fsp3) is 0.300. The number of likely N-dealkylation sites (tertiary alicyclic amines) is 1. The molecule has 6 heteroatoms. The molecule has 3 rings (SSSR count). The van der Waals surface area contributed by atoms with E-state index in [0.29, 0.717) is 18.6 Å². The van der Waals surface area contributed by atoms with Crippen LogP contribution in [0, 0.1) is 0 Å². The molecule has 2 aromatic rings. The maximum Gasteiger partial charge on any atom is 0.416 e. The highest BCUT2D eigenvalue weighted by atomic mass is 16.6.